The maximum atomic E-state index is 3.17. The van der Waals surface area contributed by atoms with Gasteiger partial charge in [-0.05, 0) is 14.7 Å². The summed E-state index contributed by atoms with van der Waals surface area (Å²) in [5.41, 5.74) is 1.33. The molecule has 0 unspecified atom stereocenters. The van der Waals surface area contributed by atoms with Crippen LogP contribution in [-0.4, -0.2) is 0 Å². The Bertz CT molecular complexity index is 178. The number of rotatable bonds is 3. The van der Waals surface area contributed by atoms with Crippen molar-refractivity contribution < 1.29 is 0 Å². The van der Waals surface area contributed by atoms with E-state index in [0.717, 1.165) is 6.54 Å². The molecule has 0 aliphatic rings. The van der Waals surface area contributed by atoms with Crippen LogP contribution in [0, 0.1) is 0 Å². The first-order chi connectivity index (χ1) is 4.93. The third-order valence-electron chi connectivity index (χ3n) is 1.17. The van der Waals surface area contributed by atoms with Gasteiger partial charge in [-0.25, -0.2) is 0 Å². The predicted octanol–water partition coefficient (Wildman–Crippen LogP) is 2.77. The summed E-state index contributed by atoms with van der Waals surface area (Å²) in [4.78, 5) is 0. The zero-order valence-electron chi connectivity index (χ0n) is 5.38. The Kier molecular flexibility index (Phi) is 4.16. The summed E-state index contributed by atoms with van der Waals surface area (Å²) in [6, 6.07) is 10.4. The van der Waals surface area contributed by atoms with Crippen LogP contribution in [-0.2, 0) is 6.54 Å². The first-order valence-corrected chi connectivity index (χ1v) is 6.34. The molecule has 1 aromatic carbocycles. The zero-order chi connectivity index (χ0) is 7.23. The molecule has 0 fully saturated rings. The summed E-state index contributed by atoms with van der Waals surface area (Å²) >= 11 is 2.22. The fraction of sp³-hybridized carbons (Fsp3) is 0.143. The third-order valence-corrected chi connectivity index (χ3v) is 2.36. The van der Waals surface area contributed by atoms with Crippen molar-refractivity contribution in [3.05, 3.63) is 35.9 Å². The standard InChI is InChI=1S/C7H8INS/c8-10-9-6-7-4-2-1-3-5-7/h1-5,9H,6H2. The second-order valence-electron chi connectivity index (χ2n) is 1.88. The highest BCUT2D eigenvalue weighted by molar-refractivity contribution is 14.2. The Labute approximate surface area is 77.3 Å². The normalized spacial score (nSPS) is 9.70. The van der Waals surface area contributed by atoms with Gasteiger partial charge in [0.2, 0.25) is 0 Å². The SMILES string of the molecule is ISNCc1ccccc1. The Morgan fingerprint density at radius 3 is 2.60 bits per heavy atom. The molecule has 54 valence electrons. The molecular weight excluding hydrogens is 257 g/mol. The van der Waals surface area contributed by atoms with Gasteiger partial charge in [0.05, 0.1) is 0 Å². The largest absolute Gasteiger partial charge is 0.251 e. The summed E-state index contributed by atoms with van der Waals surface area (Å²) in [5, 5.41) is 0. The molecule has 3 heteroatoms. The van der Waals surface area contributed by atoms with Crippen LogP contribution in [0.3, 0.4) is 0 Å². The molecule has 10 heavy (non-hydrogen) atoms. The van der Waals surface area contributed by atoms with Gasteiger partial charge in [-0.1, -0.05) is 30.3 Å². The smallest absolute Gasteiger partial charge is 0.0317 e. The van der Waals surface area contributed by atoms with E-state index in [4.69, 9.17) is 0 Å². The molecule has 0 heterocycles. The molecule has 0 bridgehead atoms. The lowest BCUT2D eigenvalue weighted by atomic mass is 10.2. The Morgan fingerprint density at radius 1 is 1.30 bits per heavy atom. The molecule has 0 aliphatic heterocycles. The molecule has 0 saturated heterocycles. The van der Waals surface area contributed by atoms with E-state index in [1.165, 1.54) is 5.56 Å². The highest BCUT2D eigenvalue weighted by Crippen LogP contribution is 2.06. The molecule has 0 saturated carbocycles. The van der Waals surface area contributed by atoms with E-state index in [1.54, 1.807) is 9.12 Å². The van der Waals surface area contributed by atoms with Crippen molar-refractivity contribution in [3.63, 3.8) is 0 Å². The van der Waals surface area contributed by atoms with Crippen molar-refractivity contribution >= 4 is 30.3 Å². The first-order valence-electron chi connectivity index (χ1n) is 2.98. The maximum Gasteiger partial charge on any atom is 0.0317 e. The van der Waals surface area contributed by atoms with Gasteiger partial charge in [-0.2, -0.15) is 0 Å². The maximum absolute atomic E-state index is 3.17. The molecule has 0 radical (unpaired) electrons. The van der Waals surface area contributed by atoms with Crippen molar-refractivity contribution in [2.24, 2.45) is 0 Å². The molecular formula is C7H8INS. The van der Waals surface area contributed by atoms with Gasteiger partial charge in [-0.15, -0.1) is 0 Å². The zero-order valence-corrected chi connectivity index (χ0v) is 8.35. The quantitative estimate of drug-likeness (QED) is 0.666. The molecule has 1 rings (SSSR count). The van der Waals surface area contributed by atoms with E-state index in [9.17, 15) is 0 Å². The van der Waals surface area contributed by atoms with E-state index in [2.05, 4.69) is 50.2 Å². The molecule has 0 spiro atoms. The van der Waals surface area contributed by atoms with Crippen LogP contribution in [0.25, 0.3) is 0 Å². The number of halogens is 1. The molecule has 1 N–H and O–H groups in total. The van der Waals surface area contributed by atoms with Gasteiger partial charge in [0.25, 0.3) is 0 Å². The van der Waals surface area contributed by atoms with Gasteiger partial charge in [0.15, 0.2) is 0 Å². The van der Waals surface area contributed by atoms with Crippen molar-refractivity contribution in [2.45, 2.75) is 6.54 Å². The van der Waals surface area contributed by atoms with Crippen LogP contribution >= 0.6 is 30.3 Å². The molecule has 0 aromatic heterocycles. The van der Waals surface area contributed by atoms with Crippen LogP contribution < -0.4 is 4.72 Å². The molecule has 1 nitrogen and oxygen atoms in total. The molecule has 0 amide bonds. The van der Waals surface area contributed by atoms with Gasteiger partial charge in [0.1, 0.15) is 0 Å². The van der Waals surface area contributed by atoms with Crippen molar-refractivity contribution in [3.8, 4) is 0 Å². The third kappa shape index (κ3) is 2.90. The second kappa shape index (κ2) is 4.98. The number of hydrogen-bond acceptors (Lipinski definition) is 2. The lowest BCUT2D eigenvalue weighted by Crippen LogP contribution is -1.99. The van der Waals surface area contributed by atoms with Crippen molar-refractivity contribution in [1.82, 2.24) is 4.72 Å². The summed E-state index contributed by atoms with van der Waals surface area (Å²) in [7, 11) is 1.62. The predicted molar refractivity (Wildman–Crippen MR) is 54.9 cm³/mol. The molecule has 0 aliphatic carbocycles. The lowest BCUT2D eigenvalue weighted by molar-refractivity contribution is 0.985. The van der Waals surface area contributed by atoms with Crippen molar-refractivity contribution in [1.29, 1.82) is 0 Å². The average Bonchev–Trinajstić information content (AvgIpc) is 2.03. The monoisotopic (exact) mass is 265 g/mol. The fourth-order valence-corrected chi connectivity index (χ4v) is 1.39. The van der Waals surface area contributed by atoms with Gasteiger partial charge in [-0.3, -0.25) is 4.72 Å². The summed E-state index contributed by atoms with van der Waals surface area (Å²) in [6.07, 6.45) is 0. The average molecular weight is 265 g/mol. The Hall–Kier alpha value is 0.260. The minimum absolute atomic E-state index is 0.939. The van der Waals surface area contributed by atoms with E-state index in [1.807, 2.05) is 6.07 Å². The highest BCUT2D eigenvalue weighted by atomic mass is 127. The molecule has 1 aromatic rings. The topological polar surface area (TPSA) is 12.0 Å². The molecule has 0 atom stereocenters. The second-order valence-corrected chi connectivity index (χ2v) is 3.65. The summed E-state index contributed by atoms with van der Waals surface area (Å²) in [5.74, 6) is 0. The first kappa shape index (κ1) is 8.36. The van der Waals surface area contributed by atoms with Crippen LogP contribution in [0.5, 0.6) is 0 Å². The van der Waals surface area contributed by atoms with Crippen LogP contribution in [0.4, 0.5) is 0 Å². The van der Waals surface area contributed by atoms with Gasteiger partial charge >= 0.3 is 0 Å². The highest BCUT2D eigenvalue weighted by Gasteiger charge is 1.86. The minimum atomic E-state index is 0.939. The summed E-state index contributed by atoms with van der Waals surface area (Å²) < 4.78 is 3.17. The number of nitrogens with one attached hydrogen (secondary N) is 1. The Balaban J connectivity index is 2.43. The summed E-state index contributed by atoms with van der Waals surface area (Å²) in [6.45, 7) is 0.939. The van der Waals surface area contributed by atoms with Crippen molar-refractivity contribution in [2.75, 3.05) is 0 Å². The lowest BCUT2D eigenvalue weighted by Gasteiger charge is -1.97. The van der Waals surface area contributed by atoms with E-state index in [0.29, 0.717) is 0 Å². The van der Waals surface area contributed by atoms with E-state index in [-0.39, 0.29) is 0 Å². The fourth-order valence-electron chi connectivity index (χ4n) is 0.706. The minimum Gasteiger partial charge on any atom is -0.251 e. The van der Waals surface area contributed by atoms with Gasteiger partial charge in [0, 0.05) is 27.8 Å². The van der Waals surface area contributed by atoms with Crippen LogP contribution in [0.1, 0.15) is 5.56 Å². The van der Waals surface area contributed by atoms with Crippen LogP contribution in [0.15, 0.2) is 30.3 Å². The van der Waals surface area contributed by atoms with Crippen LogP contribution in [0.2, 0.25) is 0 Å². The Morgan fingerprint density at radius 2 is 2.00 bits per heavy atom. The number of benzene rings is 1. The van der Waals surface area contributed by atoms with Gasteiger partial charge < -0.3 is 0 Å². The van der Waals surface area contributed by atoms with E-state index < -0.39 is 0 Å². The van der Waals surface area contributed by atoms with E-state index >= 15 is 0 Å². The number of hydrogen-bond donors (Lipinski definition) is 1.